The maximum atomic E-state index is 12.3. The van der Waals surface area contributed by atoms with Crippen LogP contribution in [0.25, 0.3) is 66.2 Å². The Morgan fingerprint density at radius 3 is 1.10 bits per heavy atom. The standard InChI is InChI=1S/C17H24N4O3.C15H20N4O3.C14H18N4O3.C13H17N3O3.C11H12ClN3O2.C11H13N3O3.C5H11NO/c1-3-7-21-16-13(11-19-21)15(20-12-5-8-23-9-6-12)14(10-18-16)17(22)24-4-2;1-2-5-19-14-11(9-17-19)13(12(8-16-14)15(20)21)18-10-3-6-22-7-4-10;1-2-21-14(19)11-7-15-13-10(8-16-18-13)12(11)17-9-3-5-20-6-4-9;1-4-16-12-9(8-15-16)11(18-5-2)10(7-14-12)13(17)19-6-3;1-3-15-10-7(6-14-15)9(12)8(5-13-10)11(16)17-4-2;1-3-16-9-7-6-13-14-10(7)12-5-8(9)11(15)17-4-2;6-5-1-3-7-4-2-5/h10-12H,3-9H2,1-2H3,(H,18,20);8-10H,2-7H2,1H3,(H,16,18)(H,20,21);7-9H,2-6H2,1H3,(H2,15,16,17,18);7-8H,4-6H2,1-3H3;5-6H,3-4H2,1-2H3;5-6H,3-4H2,1-2H3,(H,12,13,14);5H,1-4,6H2. The third-order valence-corrected chi connectivity index (χ3v) is 20.6. The smallest absolute Gasteiger partial charge is 0.343 e. The Morgan fingerprint density at radius 1 is 0.386 bits per heavy atom. The summed E-state index contributed by atoms with van der Waals surface area (Å²) in [4.78, 5) is 96.7. The van der Waals surface area contributed by atoms with Crippen LogP contribution in [-0.2, 0) is 68.8 Å². The van der Waals surface area contributed by atoms with Crippen molar-refractivity contribution in [1.82, 2.24) is 89.4 Å². The predicted molar refractivity (Wildman–Crippen MR) is 474 cm³/mol. The number of aryl methyl sites for hydroxylation is 4. The molecule has 0 amide bonds. The maximum Gasteiger partial charge on any atom is 0.343 e. The summed E-state index contributed by atoms with van der Waals surface area (Å²) in [5.41, 5.74) is 13.8. The van der Waals surface area contributed by atoms with Crippen LogP contribution in [0.3, 0.4) is 0 Å². The molecule has 16 heterocycles. The van der Waals surface area contributed by atoms with Crippen LogP contribution in [0.5, 0.6) is 11.5 Å². The van der Waals surface area contributed by atoms with Gasteiger partial charge in [-0.15, -0.1) is 0 Å². The molecule has 8 N–H and O–H groups in total. The summed E-state index contributed by atoms with van der Waals surface area (Å²) in [6.45, 7) is 32.2. The molecule has 0 atom stereocenters. The fourth-order valence-electron chi connectivity index (χ4n) is 13.9. The van der Waals surface area contributed by atoms with Gasteiger partial charge in [0.2, 0.25) is 0 Å². The number of halogens is 1. The van der Waals surface area contributed by atoms with Crippen LogP contribution in [0, 0.1) is 0 Å². The summed E-state index contributed by atoms with van der Waals surface area (Å²) in [5.74, 6) is -2.08. The Hall–Kier alpha value is -12.4. The average Bonchev–Trinajstić information content (AvgIpc) is 1.71. The Kier molecular flexibility index (Phi) is 37.8. The molecular formula is C86H115ClN22O18. The Bertz CT molecular complexity index is 5570. The van der Waals surface area contributed by atoms with Crippen molar-refractivity contribution in [3.8, 4) is 11.5 Å². The first-order valence-electron chi connectivity index (χ1n) is 43.2. The van der Waals surface area contributed by atoms with E-state index in [0.29, 0.717) is 156 Å². The molecule has 0 aromatic carbocycles. The number of nitrogens with two attached hydrogens (primary N) is 1. The van der Waals surface area contributed by atoms with E-state index in [0.717, 1.165) is 161 Å². The number of anilines is 3. The number of rotatable bonds is 27. The van der Waals surface area contributed by atoms with Gasteiger partial charge in [-0.3, -0.25) is 10.2 Å². The summed E-state index contributed by atoms with van der Waals surface area (Å²) in [7, 11) is 0. The third kappa shape index (κ3) is 25.3. The number of esters is 5. The van der Waals surface area contributed by atoms with E-state index in [-0.39, 0.29) is 41.2 Å². The van der Waals surface area contributed by atoms with E-state index in [9.17, 15) is 33.9 Å². The molecule has 0 saturated carbocycles. The number of carboxylic acids is 1. The number of ether oxygens (including phenoxy) is 11. The summed E-state index contributed by atoms with van der Waals surface area (Å²) < 4.78 is 64.6. The number of carbonyl (C=O) groups is 6. The molecule has 0 spiro atoms. The van der Waals surface area contributed by atoms with E-state index < -0.39 is 23.9 Å². The van der Waals surface area contributed by atoms with Crippen molar-refractivity contribution < 1.29 is 86.0 Å². The van der Waals surface area contributed by atoms with Gasteiger partial charge in [-0.2, -0.15) is 30.6 Å². The lowest BCUT2D eigenvalue weighted by molar-refractivity contribution is 0.0512. The number of aromatic carboxylic acids is 1. The van der Waals surface area contributed by atoms with Crippen LogP contribution in [0.15, 0.2) is 74.4 Å². The van der Waals surface area contributed by atoms with Crippen molar-refractivity contribution in [3.05, 3.63) is 113 Å². The molecule has 0 bridgehead atoms. The SMILES string of the molecule is CCCn1ncc2c(NC3CCOCC3)c(C(=O)O)cnc21.CCCn1ncc2c(NC3CCOCC3)c(C(=O)OCC)cnc21.CCOC(=O)c1cnc2[nH]ncc2c1NC1CCOCC1.CCOC(=O)c1cnc2[nH]ncc2c1OCC.CCOC(=O)c1cnc2c(cnn2CC)c1Cl.CCOC(=O)c1cnc2c(cnn2CC)c1OCC.NC1CCOCC1. The molecule has 4 aliphatic rings. The van der Waals surface area contributed by atoms with Crippen LogP contribution < -0.4 is 31.2 Å². The van der Waals surface area contributed by atoms with Crippen molar-refractivity contribution in [2.75, 3.05) is 115 Å². The largest absolute Gasteiger partial charge is 0.492 e. The number of H-pyrrole nitrogens is 2. The second-order valence-electron chi connectivity index (χ2n) is 28.8. The van der Waals surface area contributed by atoms with E-state index in [4.69, 9.17) is 69.4 Å². The average molecular weight is 1780 g/mol. The summed E-state index contributed by atoms with van der Waals surface area (Å²) >= 11 is 6.15. The van der Waals surface area contributed by atoms with Crippen LogP contribution in [0.2, 0.25) is 5.02 Å². The van der Waals surface area contributed by atoms with Gasteiger partial charge in [0.15, 0.2) is 33.9 Å². The fraction of sp³-hybridized carbons (Fsp3) is 0.512. The van der Waals surface area contributed by atoms with Gasteiger partial charge < -0.3 is 78.9 Å². The zero-order chi connectivity index (χ0) is 90.7. The van der Waals surface area contributed by atoms with Gasteiger partial charge in [0.05, 0.1) is 143 Å². The quantitative estimate of drug-likeness (QED) is 0.0186. The van der Waals surface area contributed by atoms with Gasteiger partial charge in [0.25, 0.3) is 0 Å². The number of hydrogen-bond acceptors (Lipinski definition) is 33. The number of nitrogens with zero attached hydrogens (tertiary/aromatic N) is 16. The number of pyridine rings is 6. The first-order valence-corrected chi connectivity index (χ1v) is 43.6. The zero-order valence-corrected chi connectivity index (χ0v) is 74.5. The molecule has 0 aliphatic carbocycles. The molecule has 4 fully saturated rings. The summed E-state index contributed by atoms with van der Waals surface area (Å²) in [6, 6.07) is 1.17. The van der Waals surface area contributed by atoms with Crippen molar-refractivity contribution in [2.45, 2.75) is 191 Å². The van der Waals surface area contributed by atoms with E-state index >= 15 is 0 Å². The van der Waals surface area contributed by atoms with Crippen molar-refractivity contribution in [3.63, 3.8) is 0 Å². The summed E-state index contributed by atoms with van der Waals surface area (Å²) in [5, 5.41) is 55.1. The molecule has 41 heteroatoms. The number of aromatic nitrogens is 18. The lowest BCUT2D eigenvalue weighted by atomic mass is 10.1. The first-order chi connectivity index (χ1) is 61.8. The normalized spacial score (nSPS) is 14.2. The topological polar surface area (TPSA) is 492 Å². The van der Waals surface area contributed by atoms with Crippen LogP contribution in [-0.4, -0.2) is 254 Å². The molecule has 127 heavy (non-hydrogen) atoms. The van der Waals surface area contributed by atoms with Crippen LogP contribution in [0.4, 0.5) is 17.1 Å². The highest BCUT2D eigenvalue weighted by atomic mass is 35.5. The second-order valence-corrected chi connectivity index (χ2v) is 29.2. The molecule has 12 aromatic heterocycles. The molecule has 40 nitrogen and oxygen atoms in total. The van der Waals surface area contributed by atoms with Crippen molar-refractivity contribution in [2.24, 2.45) is 5.73 Å². The monoisotopic (exact) mass is 1780 g/mol. The third-order valence-electron chi connectivity index (χ3n) is 20.2. The molecular weight excluding hydrogens is 1660 g/mol. The molecule has 4 aliphatic heterocycles. The number of aromatic amines is 2. The predicted octanol–water partition coefficient (Wildman–Crippen LogP) is 12.4. The van der Waals surface area contributed by atoms with Gasteiger partial charge in [-0.1, -0.05) is 25.4 Å². The number of carbonyl (C=O) groups excluding carboxylic acids is 5. The highest BCUT2D eigenvalue weighted by Gasteiger charge is 2.28. The van der Waals surface area contributed by atoms with Gasteiger partial charge in [-0.25, -0.2) is 77.4 Å². The lowest BCUT2D eigenvalue weighted by Gasteiger charge is -2.25. The molecule has 684 valence electrons. The lowest BCUT2D eigenvalue weighted by Crippen LogP contribution is -2.29. The zero-order valence-electron chi connectivity index (χ0n) is 73.7. The van der Waals surface area contributed by atoms with Gasteiger partial charge in [0.1, 0.15) is 39.3 Å². The minimum atomic E-state index is -0.979. The van der Waals surface area contributed by atoms with Crippen LogP contribution >= 0.6 is 11.6 Å². The van der Waals surface area contributed by atoms with Gasteiger partial charge in [-0.05, 0) is 127 Å². The molecule has 0 radical (unpaired) electrons. The maximum absolute atomic E-state index is 12.3. The Morgan fingerprint density at radius 2 is 0.701 bits per heavy atom. The minimum Gasteiger partial charge on any atom is -0.492 e. The highest BCUT2D eigenvalue weighted by Crippen LogP contribution is 2.35. The minimum absolute atomic E-state index is 0.190. The van der Waals surface area contributed by atoms with Crippen molar-refractivity contribution in [1.29, 1.82) is 0 Å². The Labute approximate surface area is 738 Å². The van der Waals surface area contributed by atoms with E-state index in [1.807, 2.05) is 37.1 Å². The molecule has 0 unspecified atom stereocenters. The molecule has 4 saturated heterocycles. The van der Waals surface area contributed by atoms with E-state index in [1.165, 1.54) is 31.0 Å². The van der Waals surface area contributed by atoms with Crippen LogP contribution in [0.1, 0.15) is 203 Å². The second kappa shape index (κ2) is 49.5. The number of nitrogens with one attached hydrogen (secondary N) is 5. The fourth-order valence-corrected chi connectivity index (χ4v) is 14.2. The van der Waals surface area contributed by atoms with Gasteiger partial charge >= 0.3 is 35.8 Å². The first kappa shape index (κ1) is 96.8. The van der Waals surface area contributed by atoms with E-state index in [2.05, 4.69) is 100 Å². The van der Waals surface area contributed by atoms with Gasteiger partial charge in [0, 0.05) is 140 Å². The number of carboxylic acid groups (broad SMARTS) is 1. The number of hydrogen-bond donors (Lipinski definition) is 7. The highest BCUT2D eigenvalue weighted by molar-refractivity contribution is 6.38. The Balaban J connectivity index is 0.000000157. The van der Waals surface area contributed by atoms with Crippen molar-refractivity contribution >= 4 is 131 Å². The summed E-state index contributed by atoms with van der Waals surface area (Å²) in [6.07, 6.45) is 28.3. The molecule has 12 aromatic rings. The molecule has 16 rings (SSSR count). The number of fused-ring (bicyclic) bond motifs is 6. The van der Waals surface area contributed by atoms with E-state index in [1.54, 1.807) is 87.4 Å².